The molecule has 0 aliphatic carbocycles. The van der Waals surface area contributed by atoms with Crippen LogP contribution in [0.25, 0.3) is 0 Å². The van der Waals surface area contributed by atoms with Gasteiger partial charge in [0.2, 0.25) is 0 Å². The van der Waals surface area contributed by atoms with E-state index in [1.165, 1.54) is 12.1 Å². The van der Waals surface area contributed by atoms with E-state index in [9.17, 15) is 18.0 Å². The maximum Gasteiger partial charge on any atom is 0.416 e. The van der Waals surface area contributed by atoms with Crippen molar-refractivity contribution >= 4 is 17.5 Å². The lowest BCUT2D eigenvalue weighted by Gasteiger charge is -2.35. The first-order valence-electron chi connectivity index (χ1n) is 8.10. The van der Waals surface area contributed by atoms with Crippen molar-refractivity contribution in [2.45, 2.75) is 13.1 Å². The molecule has 0 saturated carbocycles. The summed E-state index contributed by atoms with van der Waals surface area (Å²) < 4.78 is 37.7. The number of amides is 2. The summed E-state index contributed by atoms with van der Waals surface area (Å²) in [5, 5.41) is 10.7. The van der Waals surface area contributed by atoms with Crippen LogP contribution in [0.15, 0.2) is 36.5 Å². The van der Waals surface area contributed by atoms with Gasteiger partial charge in [-0.25, -0.2) is 4.79 Å². The highest BCUT2D eigenvalue weighted by Crippen LogP contribution is 2.29. The van der Waals surface area contributed by atoms with E-state index in [2.05, 4.69) is 15.5 Å². The number of anilines is 2. The van der Waals surface area contributed by atoms with Gasteiger partial charge in [-0.05, 0) is 42.8 Å². The summed E-state index contributed by atoms with van der Waals surface area (Å²) in [5.74, 6) is 0.771. The van der Waals surface area contributed by atoms with Crippen LogP contribution in [0.5, 0.6) is 0 Å². The van der Waals surface area contributed by atoms with Crippen molar-refractivity contribution in [3.63, 3.8) is 0 Å². The molecule has 1 N–H and O–H groups in total. The van der Waals surface area contributed by atoms with E-state index < -0.39 is 11.7 Å². The van der Waals surface area contributed by atoms with E-state index in [0.29, 0.717) is 31.9 Å². The molecule has 1 aliphatic rings. The first-order valence-corrected chi connectivity index (χ1v) is 8.10. The van der Waals surface area contributed by atoms with Crippen LogP contribution >= 0.6 is 0 Å². The second kappa shape index (κ2) is 7.19. The molecule has 3 rings (SSSR count). The molecular formula is C17H18F3N5O. The molecule has 0 spiro atoms. The van der Waals surface area contributed by atoms with Crippen LogP contribution in [-0.4, -0.2) is 47.3 Å². The number of piperazine rings is 1. The molecular weight excluding hydrogens is 347 g/mol. The first kappa shape index (κ1) is 18.0. The Kier molecular flexibility index (Phi) is 4.97. The Labute approximate surface area is 148 Å². The average molecular weight is 365 g/mol. The van der Waals surface area contributed by atoms with Gasteiger partial charge in [0.1, 0.15) is 0 Å². The minimum atomic E-state index is -4.39. The number of hydrogen-bond acceptors (Lipinski definition) is 4. The molecule has 1 aliphatic heterocycles. The summed E-state index contributed by atoms with van der Waals surface area (Å²) in [7, 11) is 0. The first-order chi connectivity index (χ1) is 12.3. The Morgan fingerprint density at radius 1 is 1.12 bits per heavy atom. The van der Waals surface area contributed by atoms with Crippen LogP contribution in [0, 0.1) is 6.92 Å². The number of rotatable bonds is 2. The Morgan fingerprint density at radius 3 is 2.35 bits per heavy atom. The molecule has 0 bridgehead atoms. The second-order valence-electron chi connectivity index (χ2n) is 6.07. The molecule has 9 heteroatoms. The van der Waals surface area contributed by atoms with E-state index in [1.54, 1.807) is 11.1 Å². The topological polar surface area (TPSA) is 61.4 Å². The molecule has 1 aromatic carbocycles. The third-order valence-electron chi connectivity index (χ3n) is 4.13. The van der Waals surface area contributed by atoms with Crippen molar-refractivity contribution in [3.8, 4) is 0 Å². The Bertz CT molecular complexity index is 771. The predicted molar refractivity (Wildman–Crippen MR) is 91.0 cm³/mol. The molecule has 0 unspecified atom stereocenters. The van der Waals surface area contributed by atoms with Crippen LogP contribution in [0.2, 0.25) is 0 Å². The van der Waals surface area contributed by atoms with Crippen LogP contribution in [0.4, 0.5) is 29.5 Å². The number of benzene rings is 1. The molecule has 2 heterocycles. The fourth-order valence-corrected chi connectivity index (χ4v) is 2.69. The monoisotopic (exact) mass is 365 g/mol. The summed E-state index contributed by atoms with van der Waals surface area (Å²) in [5.41, 5.74) is 0.593. The van der Waals surface area contributed by atoms with Gasteiger partial charge < -0.3 is 15.1 Å². The summed E-state index contributed by atoms with van der Waals surface area (Å²) >= 11 is 0. The van der Waals surface area contributed by atoms with Crippen molar-refractivity contribution in [2.75, 3.05) is 36.4 Å². The molecule has 26 heavy (non-hydrogen) atoms. The van der Waals surface area contributed by atoms with Crippen molar-refractivity contribution in [2.24, 2.45) is 0 Å². The van der Waals surface area contributed by atoms with Crippen LogP contribution in [0.1, 0.15) is 11.1 Å². The molecule has 0 atom stereocenters. The second-order valence-corrected chi connectivity index (χ2v) is 6.07. The maximum atomic E-state index is 12.6. The van der Waals surface area contributed by atoms with Gasteiger partial charge in [-0.15, -0.1) is 5.10 Å². The third kappa shape index (κ3) is 4.22. The van der Waals surface area contributed by atoms with Gasteiger partial charge in [0, 0.05) is 31.9 Å². The number of carbonyl (C=O) groups excluding carboxylic acids is 1. The van der Waals surface area contributed by atoms with Gasteiger partial charge in [-0.1, -0.05) is 0 Å². The van der Waals surface area contributed by atoms with Crippen LogP contribution in [-0.2, 0) is 6.18 Å². The molecule has 2 aromatic rings. The fourth-order valence-electron chi connectivity index (χ4n) is 2.69. The molecule has 0 radical (unpaired) electrons. The normalized spacial score (nSPS) is 15.1. The predicted octanol–water partition coefficient (Wildman–Crippen LogP) is 3.16. The van der Waals surface area contributed by atoms with Crippen LogP contribution in [0.3, 0.4) is 0 Å². The van der Waals surface area contributed by atoms with Gasteiger partial charge in [0.25, 0.3) is 0 Å². The van der Waals surface area contributed by atoms with E-state index in [-0.39, 0.29) is 6.03 Å². The third-order valence-corrected chi connectivity index (χ3v) is 4.13. The largest absolute Gasteiger partial charge is 0.416 e. The highest BCUT2D eigenvalue weighted by molar-refractivity contribution is 5.89. The molecule has 2 amide bonds. The summed E-state index contributed by atoms with van der Waals surface area (Å²) in [6, 6.07) is 6.00. The summed E-state index contributed by atoms with van der Waals surface area (Å²) in [4.78, 5) is 16.0. The number of carbonyl (C=O) groups is 1. The number of urea groups is 1. The van der Waals surface area contributed by atoms with Crippen molar-refractivity contribution in [1.82, 2.24) is 15.1 Å². The van der Waals surface area contributed by atoms with E-state index in [4.69, 9.17) is 0 Å². The zero-order valence-corrected chi connectivity index (χ0v) is 14.1. The number of alkyl halides is 3. The zero-order chi connectivity index (χ0) is 18.7. The minimum Gasteiger partial charge on any atom is -0.352 e. The van der Waals surface area contributed by atoms with E-state index >= 15 is 0 Å². The minimum absolute atomic E-state index is 0.329. The van der Waals surface area contributed by atoms with Gasteiger partial charge in [0.15, 0.2) is 5.82 Å². The van der Waals surface area contributed by atoms with Gasteiger partial charge in [0.05, 0.1) is 11.8 Å². The number of nitrogens with zero attached hydrogens (tertiary/aromatic N) is 4. The molecule has 1 fully saturated rings. The van der Waals surface area contributed by atoms with E-state index in [0.717, 1.165) is 23.5 Å². The summed E-state index contributed by atoms with van der Waals surface area (Å²) in [6.07, 6.45) is -2.71. The number of halogens is 3. The zero-order valence-electron chi connectivity index (χ0n) is 14.1. The lowest BCUT2D eigenvalue weighted by Crippen LogP contribution is -2.50. The Hall–Kier alpha value is -2.84. The lowest BCUT2D eigenvalue weighted by atomic mass is 10.2. The number of aromatic nitrogens is 2. The van der Waals surface area contributed by atoms with Crippen LogP contribution < -0.4 is 10.2 Å². The molecule has 1 saturated heterocycles. The maximum absolute atomic E-state index is 12.6. The van der Waals surface area contributed by atoms with Gasteiger partial charge in [-0.3, -0.25) is 0 Å². The van der Waals surface area contributed by atoms with Gasteiger partial charge in [-0.2, -0.15) is 18.3 Å². The SMILES string of the molecule is Cc1cnnc(N2CCN(C(=O)Nc3ccc(C(F)(F)F)cc3)CC2)c1. The summed E-state index contributed by atoms with van der Waals surface area (Å²) in [6.45, 7) is 4.13. The standard InChI is InChI=1S/C17H18F3N5O/c1-12-10-15(23-21-11-12)24-6-8-25(9-7-24)16(26)22-14-4-2-13(3-5-14)17(18,19)20/h2-5,10-11H,6-9H2,1H3,(H,22,26). The average Bonchev–Trinajstić information content (AvgIpc) is 2.61. The Morgan fingerprint density at radius 2 is 1.77 bits per heavy atom. The molecule has 6 nitrogen and oxygen atoms in total. The van der Waals surface area contributed by atoms with Crippen molar-refractivity contribution in [3.05, 3.63) is 47.7 Å². The molecule has 1 aromatic heterocycles. The quantitative estimate of drug-likeness (QED) is 0.888. The highest BCUT2D eigenvalue weighted by Gasteiger charge is 2.30. The van der Waals surface area contributed by atoms with Crippen molar-refractivity contribution in [1.29, 1.82) is 0 Å². The highest BCUT2D eigenvalue weighted by atomic mass is 19.4. The van der Waals surface area contributed by atoms with E-state index in [1.807, 2.05) is 17.9 Å². The van der Waals surface area contributed by atoms with Gasteiger partial charge >= 0.3 is 12.2 Å². The molecule has 138 valence electrons. The number of nitrogens with one attached hydrogen (secondary N) is 1. The smallest absolute Gasteiger partial charge is 0.352 e. The number of hydrogen-bond donors (Lipinski definition) is 1. The lowest BCUT2D eigenvalue weighted by molar-refractivity contribution is -0.137. The van der Waals surface area contributed by atoms with Crippen molar-refractivity contribution < 1.29 is 18.0 Å². The number of aryl methyl sites for hydroxylation is 1. The fraction of sp³-hybridized carbons (Fsp3) is 0.353. The Balaban J connectivity index is 1.55.